The van der Waals surface area contributed by atoms with Crippen LogP contribution < -0.4 is 0 Å². The minimum Gasteiger partial charge on any atom is -0.479 e. The van der Waals surface area contributed by atoms with Crippen LogP contribution in [0.1, 0.15) is 0 Å². The summed E-state index contributed by atoms with van der Waals surface area (Å²) in [5, 5.41) is 13.7. The minimum absolute atomic E-state index is 0.229. The van der Waals surface area contributed by atoms with Gasteiger partial charge in [-0.05, 0) is 17.7 Å². The summed E-state index contributed by atoms with van der Waals surface area (Å²) in [6, 6.07) is 6.25. The van der Waals surface area contributed by atoms with E-state index >= 15 is 0 Å². The second kappa shape index (κ2) is 6.06. The van der Waals surface area contributed by atoms with Crippen molar-refractivity contribution in [3.8, 4) is 17.1 Å². The van der Waals surface area contributed by atoms with E-state index in [0.717, 1.165) is 5.56 Å². The van der Waals surface area contributed by atoms with Crippen molar-refractivity contribution in [1.82, 2.24) is 23.9 Å². The molecule has 25 heavy (non-hydrogen) atoms. The molecule has 0 atom stereocenters. The number of benzene rings is 1. The zero-order valence-electron chi connectivity index (χ0n) is 13.1. The molecular formula is C15H15N5O4S. The third kappa shape index (κ3) is 2.73. The molecule has 130 valence electrons. The predicted molar refractivity (Wildman–Crippen MR) is 87.5 cm³/mol. The molecule has 3 heterocycles. The van der Waals surface area contributed by atoms with Gasteiger partial charge in [-0.2, -0.15) is 18.9 Å². The van der Waals surface area contributed by atoms with Crippen molar-refractivity contribution in [2.75, 3.05) is 26.3 Å². The zero-order chi connectivity index (χ0) is 17.4. The number of aromatic nitrogens is 4. The zero-order valence-corrected chi connectivity index (χ0v) is 13.9. The van der Waals surface area contributed by atoms with Gasteiger partial charge in [0.25, 0.3) is 0 Å². The van der Waals surface area contributed by atoms with Crippen LogP contribution in [0.4, 0.5) is 0 Å². The number of nitrogens with zero attached hydrogens (tertiary/aromatic N) is 5. The first-order valence-electron chi connectivity index (χ1n) is 7.63. The molecular weight excluding hydrogens is 346 g/mol. The lowest BCUT2D eigenvalue weighted by atomic mass is 10.1. The number of rotatable bonds is 3. The van der Waals surface area contributed by atoms with E-state index in [4.69, 9.17) is 4.74 Å². The third-order valence-corrected chi connectivity index (χ3v) is 5.97. The quantitative estimate of drug-likeness (QED) is 0.724. The molecule has 2 aromatic heterocycles. The highest BCUT2D eigenvalue weighted by Crippen LogP contribution is 2.26. The minimum atomic E-state index is -3.53. The van der Waals surface area contributed by atoms with Crippen LogP contribution in [0.5, 0.6) is 6.01 Å². The summed E-state index contributed by atoms with van der Waals surface area (Å²) >= 11 is 0. The Morgan fingerprint density at radius 1 is 1.08 bits per heavy atom. The van der Waals surface area contributed by atoms with Crippen molar-refractivity contribution >= 4 is 15.7 Å². The summed E-state index contributed by atoms with van der Waals surface area (Å²) in [6.45, 7) is 1.52. The van der Waals surface area contributed by atoms with Gasteiger partial charge in [0.1, 0.15) is 6.33 Å². The van der Waals surface area contributed by atoms with Crippen LogP contribution in [0.25, 0.3) is 16.8 Å². The molecule has 0 unspecified atom stereocenters. The number of morpholine rings is 1. The smallest absolute Gasteiger partial charge is 0.318 e. The van der Waals surface area contributed by atoms with Gasteiger partial charge in [-0.3, -0.25) is 0 Å². The fourth-order valence-corrected chi connectivity index (χ4v) is 4.16. The van der Waals surface area contributed by atoms with Gasteiger partial charge in [0.05, 0.1) is 24.3 Å². The van der Waals surface area contributed by atoms with Crippen LogP contribution in [0.2, 0.25) is 0 Å². The van der Waals surface area contributed by atoms with Gasteiger partial charge in [-0.1, -0.05) is 12.1 Å². The molecule has 1 aromatic carbocycles. The fraction of sp³-hybridized carbons (Fsp3) is 0.267. The normalized spacial score (nSPS) is 16.3. The van der Waals surface area contributed by atoms with Crippen LogP contribution in [-0.2, 0) is 14.8 Å². The van der Waals surface area contributed by atoms with E-state index in [9.17, 15) is 13.5 Å². The average Bonchev–Trinajstić information content (AvgIpc) is 3.08. The average molecular weight is 361 g/mol. The van der Waals surface area contributed by atoms with Crippen LogP contribution in [0, 0.1) is 0 Å². The van der Waals surface area contributed by atoms with Crippen molar-refractivity contribution in [3.05, 3.63) is 36.8 Å². The number of fused-ring (bicyclic) bond motifs is 1. The molecule has 1 saturated heterocycles. The Hall–Kier alpha value is -2.56. The Kier molecular flexibility index (Phi) is 3.86. The summed E-state index contributed by atoms with van der Waals surface area (Å²) in [5.74, 6) is 0. The van der Waals surface area contributed by atoms with E-state index in [-0.39, 0.29) is 10.9 Å². The molecule has 1 fully saturated rings. The standard InChI is InChI=1S/C15H15N5O4S/c21-15-17-10-16-14-13(9-18-20(14)15)11-1-3-12(4-2-11)25(22,23)19-5-7-24-8-6-19/h1-4,9-10H,5-8H2,(H,16,17,21). The van der Waals surface area contributed by atoms with E-state index in [1.807, 2.05) is 0 Å². The molecule has 0 saturated carbocycles. The predicted octanol–water partition coefficient (Wildman–Crippen LogP) is 0.518. The molecule has 0 aliphatic carbocycles. The monoisotopic (exact) mass is 361 g/mol. The van der Waals surface area contributed by atoms with E-state index in [2.05, 4.69) is 15.1 Å². The van der Waals surface area contributed by atoms with Crippen molar-refractivity contribution in [2.45, 2.75) is 4.90 Å². The van der Waals surface area contributed by atoms with Crippen molar-refractivity contribution < 1.29 is 18.3 Å². The van der Waals surface area contributed by atoms with Gasteiger partial charge in [0, 0.05) is 18.7 Å². The lowest BCUT2D eigenvalue weighted by Crippen LogP contribution is -2.40. The second-order valence-electron chi connectivity index (χ2n) is 5.51. The first-order valence-corrected chi connectivity index (χ1v) is 9.07. The van der Waals surface area contributed by atoms with Gasteiger partial charge in [-0.15, -0.1) is 0 Å². The number of aromatic hydroxyl groups is 1. The molecule has 4 rings (SSSR count). The van der Waals surface area contributed by atoms with Crippen LogP contribution in [0.3, 0.4) is 0 Å². The maximum Gasteiger partial charge on any atom is 0.318 e. The van der Waals surface area contributed by atoms with E-state index in [0.29, 0.717) is 37.5 Å². The maximum atomic E-state index is 12.6. The lowest BCUT2D eigenvalue weighted by molar-refractivity contribution is 0.0730. The van der Waals surface area contributed by atoms with Crippen molar-refractivity contribution in [1.29, 1.82) is 0 Å². The van der Waals surface area contributed by atoms with Crippen molar-refractivity contribution in [2.24, 2.45) is 0 Å². The van der Waals surface area contributed by atoms with Gasteiger partial charge < -0.3 is 9.84 Å². The summed E-state index contributed by atoms with van der Waals surface area (Å²) in [4.78, 5) is 8.00. The van der Waals surface area contributed by atoms with Gasteiger partial charge in [0.15, 0.2) is 5.65 Å². The van der Waals surface area contributed by atoms with Crippen LogP contribution in [0.15, 0.2) is 41.7 Å². The first kappa shape index (κ1) is 15.9. The Balaban J connectivity index is 1.69. The molecule has 0 bridgehead atoms. The molecule has 10 heteroatoms. The molecule has 0 spiro atoms. The largest absolute Gasteiger partial charge is 0.479 e. The van der Waals surface area contributed by atoms with Gasteiger partial charge >= 0.3 is 6.01 Å². The summed E-state index contributed by atoms with van der Waals surface area (Å²) in [5.41, 5.74) is 1.86. The Bertz CT molecular complexity index is 1010. The highest BCUT2D eigenvalue weighted by Gasteiger charge is 2.26. The molecule has 1 aliphatic rings. The number of ether oxygens (including phenoxy) is 1. The Labute approximate surface area is 143 Å². The summed E-state index contributed by atoms with van der Waals surface area (Å²) < 4.78 is 33.1. The SMILES string of the molecule is O=S(=O)(c1ccc(-c2cnn3c(O)ncnc23)cc1)N1CCOCC1. The molecule has 3 aromatic rings. The summed E-state index contributed by atoms with van der Waals surface area (Å²) in [6.07, 6.45) is 2.79. The number of hydrogen-bond acceptors (Lipinski definition) is 7. The summed E-state index contributed by atoms with van der Waals surface area (Å²) in [7, 11) is -3.53. The highest BCUT2D eigenvalue weighted by molar-refractivity contribution is 7.89. The van der Waals surface area contributed by atoms with Crippen molar-refractivity contribution in [3.63, 3.8) is 0 Å². The van der Waals surface area contributed by atoms with Gasteiger partial charge in [0.2, 0.25) is 10.0 Å². The molecule has 0 amide bonds. The van der Waals surface area contributed by atoms with E-state index in [1.165, 1.54) is 15.1 Å². The van der Waals surface area contributed by atoms with E-state index in [1.54, 1.807) is 30.5 Å². The Morgan fingerprint density at radius 2 is 1.80 bits per heavy atom. The highest BCUT2D eigenvalue weighted by atomic mass is 32.2. The molecule has 1 N–H and O–H groups in total. The topological polar surface area (TPSA) is 110 Å². The first-order chi connectivity index (χ1) is 12.1. The fourth-order valence-electron chi connectivity index (χ4n) is 2.75. The van der Waals surface area contributed by atoms with Crippen LogP contribution in [-0.4, -0.2) is 63.7 Å². The third-order valence-electron chi connectivity index (χ3n) is 4.06. The second-order valence-corrected chi connectivity index (χ2v) is 7.45. The van der Waals surface area contributed by atoms with Crippen LogP contribution >= 0.6 is 0 Å². The molecule has 0 radical (unpaired) electrons. The number of sulfonamides is 1. The number of hydrogen-bond donors (Lipinski definition) is 1. The van der Waals surface area contributed by atoms with Gasteiger partial charge in [-0.25, -0.2) is 13.4 Å². The molecule has 9 nitrogen and oxygen atoms in total. The lowest BCUT2D eigenvalue weighted by Gasteiger charge is -2.26. The molecule has 1 aliphatic heterocycles. The maximum absolute atomic E-state index is 12.6. The Morgan fingerprint density at radius 3 is 2.52 bits per heavy atom. The van der Waals surface area contributed by atoms with E-state index < -0.39 is 10.0 Å².